The predicted octanol–water partition coefficient (Wildman–Crippen LogP) is 2.31. The number of hydrogen-bond acceptors (Lipinski definition) is 4. The van der Waals surface area contributed by atoms with Crippen molar-refractivity contribution in [2.24, 2.45) is 5.84 Å². The van der Waals surface area contributed by atoms with E-state index in [9.17, 15) is 0 Å². The summed E-state index contributed by atoms with van der Waals surface area (Å²) in [5, 5.41) is 2.07. The lowest BCUT2D eigenvalue weighted by Gasteiger charge is -2.22. The highest BCUT2D eigenvalue weighted by Gasteiger charge is 2.18. The van der Waals surface area contributed by atoms with Crippen molar-refractivity contribution in [2.75, 3.05) is 6.61 Å². The molecule has 0 fully saturated rings. The van der Waals surface area contributed by atoms with Crippen LogP contribution in [0.2, 0.25) is 0 Å². The Bertz CT molecular complexity index is 293. The number of ether oxygens (including phenoxy) is 1. The maximum Gasteiger partial charge on any atom is 0.0716 e. The molecule has 1 heterocycles. The van der Waals surface area contributed by atoms with Crippen LogP contribution in [0.3, 0.4) is 0 Å². The van der Waals surface area contributed by atoms with Crippen LogP contribution in [0, 0.1) is 0 Å². The van der Waals surface area contributed by atoms with Crippen LogP contribution in [0.15, 0.2) is 15.9 Å². The van der Waals surface area contributed by atoms with E-state index in [-0.39, 0.29) is 12.1 Å². The molecule has 3 nitrogen and oxygen atoms in total. The second-order valence-corrected chi connectivity index (χ2v) is 5.18. The van der Waals surface area contributed by atoms with E-state index in [4.69, 9.17) is 10.6 Å². The van der Waals surface area contributed by atoms with Crippen molar-refractivity contribution in [3.8, 4) is 0 Å². The first kappa shape index (κ1) is 13.1. The third-order valence-corrected chi connectivity index (χ3v) is 4.26. The minimum atomic E-state index is 0.119. The lowest BCUT2D eigenvalue weighted by atomic mass is 10.1. The van der Waals surface area contributed by atoms with Crippen LogP contribution in [0.5, 0.6) is 0 Å². The molecule has 0 aliphatic heterocycles. The van der Waals surface area contributed by atoms with Gasteiger partial charge in [0.1, 0.15) is 0 Å². The summed E-state index contributed by atoms with van der Waals surface area (Å²) in [5.41, 5.74) is 2.81. The molecule has 0 aliphatic rings. The lowest BCUT2D eigenvalue weighted by molar-refractivity contribution is 0.0478. The second-order valence-electron chi connectivity index (χ2n) is 3.33. The van der Waals surface area contributed by atoms with Gasteiger partial charge in [-0.05, 0) is 41.2 Å². The number of nitrogens with one attached hydrogen (secondary N) is 1. The number of hydrazine groups is 1. The fraction of sp³-hybridized carbons (Fsp3) is 0.600. The Morgan fingerprint density at radius 2 is 2.40 bits per heavy atom. The van der Waals surface area contributed by atoms with E-state index in [2.05, 4.69) is 32.8 Å². The van der Waals surface area contributed by atoms with Crippen LogP contribution in [0.25, 0.3) is 0 Å². The number of hydrogen-bond donors (Lipinski definition) is 2. The van der Waals surface area contributed by atoms with Crippen molar-refractivity contribution in [3.05, 3.63) is 20.8 Å². The molecule has 2 atom stereocenters. The van der Waals surface area contributed by atoms with Gasteiger partial charge in [-0.1, -0.05) is 0 Å². The highest BCUT2D eigenvalue weighted by atomic mass is 79.9. The summed E-state index contributed by atoms with van der Waals surface area (Å²) in [6.07, 6.45) is 1.00. The maximum absolute atomic E-state index is 5.53. The largest absolute Gasteiger partial charge is 0.377 e. The van der Waals surface area contributed by atoms with Gasteiger partial charge in [0.25, 0.3) is 0 Å². The van der Waals surface area contributed by atoms with Gasteiger partial charge in [0.15, 0.2) is 0 Å². The van der Waals surface area contributed by atoms with Crippen LogP contribution in [0.1, 0.15) is 18.7 Å². The molecule has 0 spiro atoms. The summed E-state index contributed by atoms with van der Waals surface area (Å²) in [5.74, 6) is 5.53. The molecule has 0 saturated heterocycles. The third-order valence-electron chi connectivity index (χ3n) is 2.31. The molecule has 3 N–H and O–H groups in total. The highest BCUT2D eigenvalue weighted by molar-refractivity contribution is 9.10. The molecule has 0 aromatic carbocycles. The summed E-state index contributed by atoms with van der Waals surface area (Å²) in [6.45, 7) is 4.74. The van der Waals surface area contributed by atoms with Crippen molar-refractivity contribution in [1.82, 2.24) is 5.43 Å². The van der Waals surface area contributed by atoms with Gasteiger partial charge in [0.2, 0.25) is 0 Å². The van der Waals surface area contributed by atoms with E-state index in [1.807, 2.05) is 13.8 Å². The fourth-order valence-electron chi connectivity index (χ4n) is 1.41. The van der Waals surface area contributed by atoms with Gasteiger partial charge in [-0.25, -0.2) is 0 Å². The lowest BCUT2D eigenvalue weighted by Crippen LogP contribution is -2.45. The van der Waals surface area contributed by atoms with Gasteiger partial charge in [-0.15, -0.1) is 11.3 Å². The molecule has 0 aliphatic carbocycles. The average molecular weight is 293 g/mol. The van der Waals surface area contributed by atoms with Crippen LogP contribution in [0.4, 0.5) is 0 Å². The Hall–Kier alpha value is 0.0600. The van der Waals surface area contributed by atoms with E-state index in [0.29, 0.717) is 6.61 Å². The van der Waals surface area contributed by atoms with Crippen LogP contribution in [-0.4, -0.2) is 18.8 Å². The Morgan fingerprint density at radius 3 is 2.87 bits per heavy atom. The summed E-state index contributed by atoms with van der Waals surface area (Å²) in [7, 11) is 0. The molecular formula is C10H17BrN2OS. The van der Waals surface area contributed by atoms with E-state index >= 15 is 0 Å². The quantitative estimate of drug-likeness (QED) is 0.625. The molecule has 1 aromatic rings. The van der Waals surface area contributed by atoms with Gasteiger partial charge in [-0.3, -0.25) is 11.3 Å². The minimum absolute atomic E-state index is 0.119. The summed E-state index contributed by atoms with van der Waals surface area (Å²) >= 11 is 5.24. The first-order chi connectivity index (χ1) is 7.19. The number of thiophene rings is 1. The first-order valence-corrected chi connectivity index (χ1v) is 6.65. The Kier molecular flexibility index (Phi) is 5.78. The molecule has 0 amide bonds. The van der Waals surface area contributed by atoms with E-state index in [0.717, 1.165) is 10.9 Å². The monoisotopic (exact) mass is 292 g/mol. The van der Waals surface area contributed by atoms with Crippen molar-refractivity contribution in [1.29, 1.82) is 0 Å². The molecular weight excluding hydrogens is 276 g/mol. The fourth-order valence-corrected chi connectivity index (χ4v) is 2.98. The van der Waals surface area contributed by atoms with Crippen molar-refractivity contribution in [2.45, 2.75) is 32.4 Å². The van der Waals surface area contributed by atoms with Gasteiger partial charge in [0, 0.05) is 22.4 Å². The number of halogens is 1. The van der Waals surface area contributed by atoms with Crippen molar-refractivity contribution in [3.63, 3.8) is 0 Å². The van der Waals surface area contributed by atoms with E-state index in [1.54, 1.807) is 11.3 Å². The summed E-state index contributed by atoms with van der Waals surface area (Å²) in [6, 6.07) is 2.21. The predicted molar refractivity (Wildman–Crippen MR) is 67.9 cm³/mol. The number of nitrogens with two attached hydrogens (primary N) is 1. The van der Waals surface area contributed by atoms with Gasteiger partial charge >= 0.3 is 0 Å². The highest BCUT2D eigenvalue weighted by Crippen LogP contribution is 2.24. The molecule has 15 heavy (non-hydrogen) atoms. The number of rotatable bonds is 6. The van der Waals surface area contributed by atoms with Gasteiger partial charge in [-0.2, -0.15) is 0 Å². The van der Waals surface area contributed by atoms with E-state index in [1.165, 1.54) is 4.88 Å². The maximum atomic E-state index is 5.53. The molecule has 0 bridgehead atoms. The van der Waals surface area contributed by atoms with Crippen LogP contribution < -0.4 is 11.3 Å². The Labute approximate surface area is 103 Å². The molecule has 86 valence electrons. The van der Waals surface area contributed by atoms with Gasteiger partial charge in [0.05, 0.1) is 12.1 Å². The zero-order chi connectivity index (χ0) is 11.3. The Morgan fingerprint density at radius 1 is 1.67 bits per heavy atom. The normalized spacial score (nSPS) is 15.2. The third kappa shape index (κ3) is 3.85. The Balaban J connectivity index is 2.57. The minimum Gasteiger partial charge on any atom is -0.377 e. The standard InChI is InChI=1S/C10H17BrN2OS/c1-3-14-7(2)9(13-12)6-10-8(11)4-5-15-10/h4-5,7,9,13H,3,6,12H2,1-2H3. The van der Waals surface area contributed by atoms with Gasteiger partial charge < -0.3 is 4.74 Å². The van der Waals surface area contributed by atoms with Crippen molar-refractivity contribution < 1.29 is 4.74 Å². The smallest absolute Gasteiger partial charge is 0.0716 e. The average Bonchev–Trinajstić information content (AvgIpc) is 2.61. The zero-order valence-corrected chi connectivity index (χ0v) is 11.4. The zero-order valence-electron chi connectivity index (χ0n) is 9.00. The molecule has 5 heteroatoms. The molecule has 2 unspecified atom stereocenters. The van der Waals surface area contributed by atoms with Crippen LogP contribution in [-0.2, 0) is 11.2 Å². The SMILES string of the molecule is CCOC(C)C(Cc1sccc1Br)NN. The topological polar surface area (TPSA) is 47.3 Å². The van der Waals surface area contributed by atoms with Crippen LogP contribution >= 0.6 is 27.3 Å². The summed E-state index contributed by atoms with van der Waals surface area (Å²) in [4.78, 5) is 1.30. The first-order valence-electron chi connectivity index (χ1n) is 4.98. The van der Waals surface area contributed by atoms with E-state index < -0.39 is 0 Å². The second kappa shape index (κ2) is 6.60. The van der Waals surface area contributed by atoms with Crippen molar-refractivity contribution >= 4 is 27.3 Å². The summed E-state index contributed by atoms with van der Waals surface area (Å²) < 4.78 is 6.68. The molecule has 0 saturated carbocycles. The molecule has 1 aromatic heterocycles. The molecule has 0 radical (unpaired) electrons. The molecule has 1 rings (SSSR count).